The van der Waals surface area contributed by atoms with E-state index in [4.69, 9.17) is 16.7 Å². The van der Waals surface area contributed by atoms with Gasteiger partial charge in [-0.25, -0.2) is 4.39 Å². The van der Waals surface area contributed by atoms with Gasteiger partial charge in [-0.1, -0.05) is 35.5 Å². The highest BCUT2D eigenvalue weighted by Crippen LogP contribution is 2.22. The summed E-state index contributed by atoms with van der Waals surface area (Å²) in [6.45, 7) is 0. The summed E-state index contributed by atoms with van der Waals surface area (Å²) in [5.41, 5.74) is 0.156. The summed E-state index contributed by atoms with van der Waals surface area (Å²) in [4.78, 5) is 22.0. The third kappa shape index (κ3) is 4.02. The number of hydrogen-bond acceptors (Lipinski definition) is 5. The van der Waals surface area contributed by atoms with E-state index < -0.39 is 22.9 Å². The summed E-state index contributed by atoms with van der Waals surface area (Å²) in [5, 5.41) is 17.8. The Morgan fingerprint density at radius 3 is 3.05 bits per heavy atom. The number of aliphatic carboxylic acids is 1. The number of carboxylic acid groups (broad SMARTS) is 1. The first-order chi connectivity index (χ1) is 9.97. The van der Waals surface area contributed by atoms with Crippen molar-refractivity contribution in [1.29, 1.82) is 0 Å². The molecule has 1 heterocycles. The van der Waals surface area contributed by atoms with E-state index in [1.807, 2.05) is 0 Å². The minimum absolute atomic E-state index is 0.0309. The summed E-state index contributed by atoms with van der Waals surface area (Å²) >= 11 is 6.58. The standard InChI is InChI=1S/C12H9ClFN3O3S/c13-7-3-1-2-6(10(7)14)5-15-17-12-16-11(20)8(21-12)4-9(18)19/h1-3,5,8H,4H2,(H,18,19)(H,16,17,20). The van der Waals surface area contributed by atoms with Gasteiger partial charge in [0.2, 0.25) is 5.91 Å². The predicted octanol–water partition coefficient (Wildman–Crippen LogP) is 1.88. The lowest BCUT2D eigenvalue weighted by Gasteiger charge is -1.98. The van der Waals surface area contributed by atoms with Crippen LogP contribution in [0.4, 0.5) is 4.39 Å². The second-order valence-corrected chi connectivity index (χ2v) is 5.59. The van der Waals surface area contributed by atoms with Crippen LogP contribution in [-0.4, -0.2) is 33.6 Å². The van der Waals surface area contributed by atoms with Gasteiger partial charge in [-0.15, -0.1) is 5.10 Å². The van der Waals surface area contributed by atoms with E-state index in [0.717, 1.165) is 18.0 Å². The van der Waals surface area contributed by atoms with Crippen LogP contribution >= 0.6 is 23.4 Å². The van der Waals surface area contributed by atoms with Crippen LogP contribution < -0.4 is 5.32 Å². The second kappa shape index (κ2) is 6.68. The number of nitrogens with zero attached hydrogens (tertiary/aromatic N) is 2. The average molecular weight is 330 g/mol. The number of amidine groups is 1. The van der Waals surface area contributed by atoms with Crippen molar-refractivity contribution in [2.45, 2.75) is 11.7 Å². The monoisotopic (exact) mass is 329 g/mol. The first-order valence-electron chi connectivity index (χ1n) is 5.71. The Hall–Kier alpha value is -1.93. The predicted molar refractivity (Wildman–Crippen MR) is 78.2 cm³/mol. The molecule has 1 fully saturated rings. The Morgan fingerprint density at radius 2 is 2.33 bits per heavy atom. The highest BCUT2D eigenvalue weighted by atomic mass is 35.5. The lowest BCUT2D eigenvalue weighted by atomic mass is 10.2. The summed E-state index contributed by atoms with van der Waals surface area (Å²) in [6, 6.07) is 4.44. The molecule has 1 aromatic carbocycles. The van der Waals surface area contributed by atoms with Crippen molar-refractivity contribution in [3.63, 3.8) is 0 Å². The lowest BCUT2D eigenvalue weighted by molar-refractivity contribution is -0.138. The fourth-order valence-corrected chi connectivity index (χ4v) is 2.61. The number of carbonyl (C=O) groups excluding carboxylic acids is 1. The van der Waals surface area contributed by atoms with Gasteiger partial charge in [-0.05, 0) is 6.07 Å². The summed E-state index contributed by atoms with van der Waals surface area (Å²) < 4.78 is 13.6. The normalized spacial score (nSPS) is 20.2. The summed E-state index contributed by atoms with van der Waals surface area (Å²) in [6.07, 6.45) is 0.855. The highest BCUT2D eigenvalue weighted by Gasteiger charge is 2.32. The molecule has 0 radical (unpaired) electrons. The van der Waals surface area contributed by atoms with Gasteiger partial charge < -0.3 is 10.4 Å². The Labute approximate surface area is 128 Å². The molecule has 0 spiro atoms. The number of rotatable bonds is 4. The number of thioether (sulfide) groups is 1. The smallest absolute Gasteiger partial charge is 0.305 e. The summed E-state index contributed by atoms with van der Waals surface area (Å²) in [7, 11) is 0. The zero-order chi connectivity index (χ0) is 15.4. The molecule has 0 bridgehead atoms. The second-order valence-electron chi connectivity index (χ2n) is 3.99. The van der Waals surface area contributed by atoms with Crippen molar-refractivity contribution < 1.29 is 19.1 Å². The summed E-state index contributed by atoms with van der Waals surface area (Å²) in [5.74, 6) is -2.13. The van der Waals surface area contributed by atoms with Crippen molar-refractivity contribution in [3.8, 4) is 0 Å². The van der Waals surface area contributed by atoms with E-state index in [-0.39, 0.29) is 22.2 Å². The van der Waals surface area contributed by atoms with Crippen LogP contribution in [0.5, 0.6) is 0 Å². The molecule has 1 unspecified atom stereocenters. The molecule has 21 heavy (non-hydrogen) atoms. The van der Waals surface area contributed by atoms with Gasteiger partial charge in [0.1, 0.15) is 5.25 Å². The molecular weight excluding hydrogens is 321 g/mol. The number of amides is 1. The maximum Gasteiger partial charge on any atom is 0.305 e. The topological polar surface area (TPSA) is 91.1 Å². The Morgan fingerprint density at radius 1 is 1.57 bits per heavy atom. The van der Waals surface area contributed by atoms with Crippen LogP contribution in [0.1, 0.15) is 12.0 Å². The molecule has 110 valence electrons. The number of carbonyl (C=O) groups is 2. The zero-order valence-electron chi connectivity index (χ0n) is 10.4. The number of benzene rings is 1. The molecule has 1 saturated heterocycles. The van der Waals surface area contributed by atoms with E-state index in [0.29, 0.717) is 0 Å². The van der Waals surface area contributed by atoms with Gasteiger partial charge in [0.05, 0.1) is 17.7 Å². The largest absolute Gasteiger partial charge is 0.481 e. The maximum absolute atomic E-state index is 13.6. The molecular formula is C12H9ClFN3O3S. The van der Waals surface area contributed by atoms with Gasteiger partial charge in [-0.2, -0.15) is 5.10 Å². The van der Waals surface area contributed by atoms with Crippen LogP contribution in [0.15, 0.2) is 28.4 Å². The molecule has 1 aliphatic heterocycles. The molecule has 1 atom stereocenters. The zero-order valence-corrected chi connectivity index (χ0v) is 12.0. The minimum atomic E-state index is -1.08. The quantitative estimate of drug-likeness (QED) is 0.651. The maximum atomic E-state index is 13.6. The molecule has 6 nitrogen and oxygen atoms in total. The van der Waals surface area contributed by atoms with Crippen LogP contribution in [0.2, 0.25) is 5.02 Å². The van der Waals surface area contributed by atoms with Crippen molar-refractivity contribution in [2.75, 3.05) is 0 Å². The minimum Gasteiger partial charge on any atom is -0.481 e. The van der Waals surface area contributed by atoms with E-state index >= 15 is 0 Å². The number of hydrogen-bond donors (Lipinski definition) is 2. The fraction of sp³-hybridized carbons (Fsp3) is 0.167. The fourth-order valence-electron chi connectivity index (χ4n) is 1.51. The van der Waals surface area contributed by atoms with E-state index in [1.165, 1.54) is 12.1 Å². The SMILES string of the molecule is O=C(O)CC1SC(=NN=Cc2cccc(Cl)c2F)NC1=O. The van der Waals surface area contributed by atoms with Crippen LogP contribution in [0, 0.1) is 5.82 Å². The average Bonchev–Trinajstić information content (AvgIpc) is 2.74. The molecule has 0 aromatic heterocycles. The van der Waals surface area contributed by atoms with Crippen molar-refractivity contribution >= 4 is 46.6 Å². The van der Waals surface area contributed by atoms with E-state index in [2.05, 4.69) is 15.5 Å². The first-order valence-corrected chi connectivity index (χ1v) is 6.97. The van der Waals surface area contributed by atoms with E-state index in [9.17, 15) is 14.0 Å². The highest BCUT2D eigenvalue weighted by molar-refractivity contribution is 8.15. The van der Waals surface area contributed by atoms with Crippen molar-refractivity contribution in [2.24, 2.45) is 10.2 Å². The van der Waals surface area contributed by atoms with Gasteiger partial charge in [-0.3, -0.25) is 9.59 Å². The van der Waals surface area contributed by atoms with Crippen molar-refractivity contribution in [3.05, 3.63) is 34.6 Å². The molecule has 2 rings (SSSR count). The lowest BCUT2D eigenvalue weighted by Crippen LogP contribution is -2.26. The molecule has 9 heteroatoms. The third-order valence-corrected chi connectivity index (χ3v) is 3.83. The number of carboxylic acids is 1. The Bertz CT molecular complexity index is 651. The molecule has 1 amide bonds. The molecule has 0 saturated carbocycles. The molecule has 1 aliphatic rings. The molecule has 0 aliphatic carbocycles. The Kier molecular flexibility index (Phi) is 4.92. The third-order valence-electron chi connectivity index (χ3n) is 2.46. The van der Waals surface area contributed by atoms with Gasteiger partial charge >= 0.3 is 5.97 Å². The van der Waals surface area contributed by atoms with Gasteiger partial charge in [0.15, 0.2) is 11.0 Å². The first kappa shape index (κ1) is 15.5. The van der Waals surface area contributed by atoms with Crippen LogP contribution in [0.25, 0.3) is 0 Å². The van der Waals surface area contributed by atoms with Crippen LogP contribution in [0.3, 0.4) is 0 Å². The van der Waals surface area contributed by atoms with Crippen LogP contribution in [-0.2, 0) is 9.59 Å². The number of halogens is 2. The molecule has 2 N–H and O–H groups in total. The van der Waals surface area contributed by atoms with Gasteiger partial charge in [0, 0.05) is 5.56 Å². The Balaban J connectivity index is 2.05. The molecule has 1 aromatic rings. The van der Waals surface area contributed by atoms with E-state index in [1.54, 1.807) is 6.07 Å². The van der Waals surface area contributed by atoms with Gasteiger partial charge in [0.25, 0.3) is 0 Å². The van der Waals surface area contributed by atoms with Crippen molar-refractivity contribution in [1.82, 2.24) is 5.32 Å². The number of nitrogens with one attached hydrogen (secondary N) is 1.